The highest BCUT2D eigenvalue weighted by Crippen LogP contribution is 2.40. The molecule has 1 amide bonds. The number of hydrogen-bond acceptors (Lipinski definition) is 4. The van der Waals surface area contributed by atoms with Crippen LogP contribution in [0, 0.1) is 27.7 Å². The summed E-state index contributed by atoms with van der Waals surface area (Å²) < 4.78 is 12.3. The first-order valence-corrected chi connectivity index (χ1v) is 11.6. The summed E-state index contributed by atoms with van der Waals surface area (Å²) in [6, 6.07) is 10.0. The van der Waals surface area contributed by atoms with Gasteiger partial charge in [0.05, 0.1) is 18.6 Å². The highest BCUT2D eigenvalue weighted by atomic mass is 16.5. The van der Waals surface area contributed by atoms with Crippen LogP contribution in [-0.4, -0.2) is 41.9 Å². The van der Waals surface area contributed by atoms with Crippen molar-refractivity contribution in [1.82, 2.24) is 4.90 Å². The molecule has 2 aliphatic rings. The molecule has 2 aliphatic heterocycles. The van der Waals surface area contributed by atoms with Crippen LogP contribution in [0.4, 0.5) is 0 Å². The summed E-state index contributed by atoms with van der Waals surface area (Å²) in [5.74, 6) is 1.93. The smallest absolute Gasteiger partial charge is 0.222 e. The number of ketones is 1. The summed E-state index contributed by atoms with van der Waals surface area (Å²) in [4.78, 5) is 27.4. The number of amides is 1. The Balaban J connectivity index is 1.28. The second-order valence-electron chi connectivity index (χ2n) is 9.37. The van der Waals surface area contributed by atoms with Crippen LogP contribution in [0.3, 0.4) is 0 Å². The minimum absolute atomic E-state index is 0.151. The molecule has 1 fully saturated rings. The number of piperidine rings is 1. The molecule has 0 radical (unpaired) electrons. The Morgan fingerprint density at radius 1 is 1.03 bits per heavy atom. The summed E-state index contributed by atoms with van der Waals surface area (Å²) in [6.07, 6.45) is 2.94. The Bertz CT molecular complexity index is 1010. The normalized spacial score (nSPS) is 17.1. The molecule has 0 bridgehead atoms. The lowest BCUT2D eigenvalue weighted by molar-refractivity contribution is -0.135. The fraction of sp³-hybridized carbons (Fsp3) is 0.481. The number of aryl methyl sites for hydroxylation is 4. The fourth-order valence-electron chi connectivity index (χ4n) is 4.77. The molecule has 170 valence electrons. The molecule has 0 atom stereocenters. The predicted octanol–water partition coefficient (Wildman–Crippen LogP) is 5.11. The number of carbonyl (C=O) groups is 2. The zero-order valence-corrected chi connectivity index (χ0v) is 19.6. The minimum atomic E-state index is -0.478. The Kier molecular flexibility index (Phi) is 6.27. The second kappa shape index (κ2) is 8.97. The highest BCUT2D eigenvalue weighted by Gasteiger charge is 2.43. The Hall–Kier alpha value is -2.82. The van der Waals surface area contributed by atoms with E-state index in [2.05, 4.69) is 0 Å². The zero-order chi connectivity index (χ0) is 22.9. The summed E-state index contributed by atoms with van der Waals surface area (Å²) >= 11 is 0. The lowest BCUT2D eigenvalue weighted by Crippen LogP contribution is -2.52. The van der Waals surface area contributed by atoms with Crippen LogP contribution in [0.15, 0.2) is 30.3 Å². The van der Waals surface area contributed by atoms with Gasteiger partial charge in [0.2, 0.25) is 5.91 Å². The molecule has 5 nitrogen and oxygen atoms in total. The maximum absolute atomic E-state index is 12.8. The number of rotatable bonds is 5. The van der Waals surface area contributed by atoms with E-state index in [1.54, 1.807) is 0 Å². The molecular weight excluding hydrogens is 402 g/mol. The van der Waals surface area contributed by atoms with Gasteiger partial charge in [-0.1, -0.05) is 18.2 Å². The third kappa shape index (κ3) is 4.52. The van der Waals surface area contributed by atoms with E-state index in [9.17, 15) is 9.59 Å². The first kappa shape index (κ1) is 22.4. The van der Waals surface area contributed by atoms with Crippen LogP contribution in [0.5, 0.6) is 11.5 Å². The largest absolute Gasteiger partial charge is 0.493 e. The minimum Gasteiger partial charge on any atom is -0.493 e. The van der Waals surface area contributed by atoms with Crippen molar-refractivity contribution in [2.24, 2.45) is 0 Å². The summed E-state index contributed by atoms with van der Waals surface area (Å²) in [7, 11) is 0. The van der Waals surface area contributed by atoms with Crippen LogP contribution < -0.4 is 9.47 Å². The predicted molar refractivity (Wildman–Crippen MR) is 125 cm³/mol. The van der Waals surface area contributed by atoms with Gasteiger partial charge in [-0.05, 0) is 68.5 Å². The lowest BCUT2D eigenvalue weighted by Gasteiger charge is -2.44. The van der Waals surface area contributed by atoms with Crippen LogP contribution in [0.25, 0.3) is 0 Å². The molecule has 1 spiro atoms. The molecule has 32 heavy (non-hydrogen) atoms. The molecule has 0 N–H and O–H groups in total. The average molecular weight is 436 g/mol. The molecule has 2 aromatic rings. The number of benzene rings is 2. The Morgan fingerprint density at radius 3 is 2.38 bits per heavy atom. The van der Waals surface area contributed by atoms with Gasteiger partial charge in [-0.15, -0.1) is 0 Å². The van der Waals surface area contributed by atoms with Gasteiger partial charge in [-0.3, -0.25) is 9.59 Å². The van der Waals surface area contributed by atoms with Gasteiger partial charge in [0.15, 0.2) is 5.78 Å². The van der Waals surface area contributed by atoms with Crippen molar-refractivity contribution in [3.05, 3.63) is 58.1 Å². The molecule has 2 heterocycles. The van der Waals surface area contributed by atoms with Crippen molar-refractivity contribution in [3.63, 3.8) is 0 Å². The van der Waals surface area contributed by atoms with Crippen molar-refractivity contribution in [2.45, 2.75) is 65.4 Å². The van der Waals surface area contributed by atoms with E-state index in [0.717, 1.165) is 28.0 Å². The third-order valence-electron chi connectivity index (χ3n) is 6.92. The van der Waals surface area contributed by atoms with Gasteiger partial charge in [0.1, 0.15) is 17.1 Å². The topological polar surface area (TPSA) is 55.8 Å². The number of para-hydroxylation sites is 1. The number of ether oxygens (including phenoxy) is 2. The number of fused-ring (bicyclic) bond motifs is 1. The van der Waals surface area contributed by atoms with Crippen molar-refractivity contribution in [1.29, 1.82) is 0 Å². The van der Waals surface area contributed by atoms with E-state index in [1.807, 2.05) is 62.9 Å². The Labute approximate surface area is 190 Å². The molecule has 0 unspecified atom stereocenters. The van der Waals surface area contributed by atoms with E-state index < -0.39 is 5.60 Å². The molecular formula is C27H33NO4. The fourth-order valence-corrected chi connectivity index (χ4v) is 4.77. The summed E-state index contributed by atoms with van der Waals surface area (Å²) in [5, 5.41) is 0. The maximum atomic E-state index is 12.8. The van der Waals surface area contributed by atoms with Crippen molar-refractivity contribution in [3.8, 4) is 11.5 Å². The number of likely N-dealkylation sites (tertiary alicyclic amines) is 1. The quantitative estimate of drug-likeness (QED) is 0.613. The number of nitrogens with zero attached hydrogens (tertiary/aromatic N) is 1. The van der Waals surface area contributed by atoms with Crippen molar-refractivity contribution in [2.75, 3.05) is 19.7 Å². The lowest BCUT2D eigenvalue weighted by atomic mass is 9.82. The first-order valence-electron chi connectivity index (χ1n) is 11.6. The van der Waals surface area contributed by atoms with Crippen LogP contribution >= 0.6 is 0 Å². The van der Waals surface area contributed by atoms with E-state index >= 15 is 0 Å². The molecule has 4 rings (SSSR count). The van der Waals surface area contributed by atoms with Gasteiger partial charge < -0.3 is 14.4 Å². The van der Waals surface area contributed by atoms with Crippen molar-refractivity contribution >= 4 is 11.7 Å². The number of Topliss-reactive ketones (excluding diaryl/α,β-unsaturated/α-hetero) is 1. The second-order valence-corrected chi connectivity index (χ2v) is 9.37. The maximum Gasteiger partial charge on any atom is 0.222 e. The SMILES string of the molecule is Cc1cc2c(cc1C)C(=O)CC1(CCN(C(=O)CCCOc3c(C)cccc3C)CC1)O2. The first-order chi connectivity index (χ1) is 15.3. The van der Waals surface area contributed by atoms with Crippen LogP contribution in [0.2, 0.25) is 0 Å². The molecule has 0 aliphatic carbocycles. The van der Waals surface area contributed by atoms with E-state index in [-0.39, 0.29) is 11.7 Å². The third-order valence-corrected chi connectivity index (χ3v) is 6.92. The number of carbonyl (C=O) groups excluding carboxylic acids is 2. The van der Waals surface area contributed by atoms with Gasteiger partial charge in [0, 0.05) is 32.4 Å². The monoisotopic (exact) mass is 435 g/mol. The molecule has 0 saturated carbocycles. The summed E-state index contributed by atoms with van der Waals surface area (Å²) in [6.45, 7) is 9.92. The zero-order valence-electron chi connectivity index (χ0n) is 19.6. The van der Waals surface area contributed by atoms with Gasteiger partial charge in [-0.25, -0.2) is 0 Å². The van der Waals surface area contributed by atoms with Crippen molar-refractivity contribution < 1.29 is 19.1 Å². The Morgan fingerprint density at radius 2 is 1.69 bits per heavy atom. The van der Waals surface area contributed by atoms with Crippen LogP contribution in [-0.2, 0) is 4.79 Å². The van der Waals surface area contributed by atoms with E-state index in [0.29, 0.717) is 63.1 Å². The molecule has 5 heteroatoms. The molecule has 2 aromatic carbocycles. The standard InChI is InChI=1S/C27H33NO4/c1-18-7-5-8-19(2)26(18)31-14-6-9-25(30)28-12-10-27(11-13-28)17-23(29)22-15-20(3)21(4)16-24(22)32-27/h5,7-8,15-16H,6,9-14,17H2,1-4H3. The molecule has 0 aromatic heterocycles. The molecule has 1 saturated heterocycles. The van der Waals surface area contributed by atoms with E-state index in [4.69, 9.17) is 9.47 Å². The number of hydrogen-bond donors (Lipinski definition) is 0. The van der Waals surface area contributed by atoms with E-state index in [1.165, 1.54) is 0 Å². The highest BCUT2D eigenvalue weighted by molar-refractivity contribution is 6.00. The van der Waals surface area contributed by atoms with Gasteiger partial charge in [-0.2, -0.15) is 0 Å². The summed E-state index contributed by atoms with van der Waals surface area (Å²) in [5.41, 5.74) is 4.69. The van der Waals surface area contributed by atoms with Gasteiger partial charge >= 0.3 is 0 Å². The van der Waals surface area contributed by atoms with Gasteiger partial charge in [0.25, 0.3) is 0 Å². The van der Waals surface area contributed by atoms with Crippen LogP contribution in [0.1, 0.15) is 64.7 Å². The average Bonchev–Trinajstić information content (AvgIpc) is 2.75.